The van der Waals surface area contributed by atoms with Gasteiger partial charge in [-0.05, 0) is 79.3 Å². The van der Waals surface area contributed by atoms with Crippen LogP contribution in [0.3, 0.4) is 0 Å². The first-order valence-corrected chi connectivity index (χ1v) is 14.9. The van der Waals surface area contributed by atoms with Gasteiger partial charge in [0.2, 0.25) is 23.6 Å². The summed E-state index contributed by atoms with van der Waals surface area (Å²) in [6.07, 6.45) is 4.11. The molecule has 6 atom stereocenters. The van der Waals surface area contributed by atoms with E-state index in [0.29, 0.717) is 17.7 Å². The number of carbonyl (C=O) groups is 4. The smallest absolute Gasteiger partial charge is 0.241 e. The molecule has 7 nitrogen and oxygen atoms in total. The molecule has 3 aromatic rings. The van der Waals surface area contributed by atoms with Crippen molar-refractivity contribution in [3.8, 4) is 5.75 Å². The van der Waals surface area contributed by atoms with Crippen molar-refractivity contribution in [2.45, 2.75) is 25.7 Å². The van der Waals surface area contributed by atoms with Crippen molar-refractivity contribution in [3.05, 3.63) is 107 Å². The van der Waals surface area contributed by atoms with E-state index < -0.39 is 52.6 Å². The van der Waals surface area contributed by atoms with Gasteiger partial charge in [0.15, 0.2) is 0 Å². The predicted octanol–water partition coefficient (Wildman–Crippen LogP) is 6.26. The molecule has 1 saturated carbocycles. The Hall–Kier alpha value is -4.56. The zero-order valence-corrected chi connectivity index (χ0v) is 24.5. The third-order valence-electron chi connectivity index (χ3n) is 10.0. The Kier molecular flexibility index (Phi) is 6.41. The number of rotatable bonds is 4. The zero-order chi connectivity index (χ0) is 31.1. The van der Waals surface area contributed by atoms with E-state index in [4.69, 9.17) is 11.6 Å². The maximum atomic E-state index is 14.4. The number of phenols is 1. The van der Waals surface area contributed by atoms with Crippen molar-refractivity contribution >= 4 is 52.7 Å². The maximum absolute atomic E-state index is 14.4. The summed E-state index contributed by atoms with van der Waals surface area (Å²) in [4.78, 5) is 58.7. The number of anilines is 2. The lowest BCUT2D eigenvalue weighted by atomic mass is 9.51. The maximum Gasteiger partial charge on any atom is 0.241 e. The van der Waals surface area contributed by atoms with Crippen molar-refractivity contribution < 1.29 is 28.7 Å². The zero-order valence-electron chi connectivity index (χ0n) is 23.7. The molecule has 0 spiro atoms. The number of fused-ring (bicyclic) bond motifs is 4. The van der Waals surface area contributed by atoms with Crippen LogP contribution in [-0.4, -0.2) is 28.7 Å². The summed E-state index contributed by atoms with van der Waals surface area (Å²) in [5, 5.41) is 10.2. The van der Waals surface area contributed by atoms with Crippen molar-refractivity contribution in [1.29, 1.82) is 0 Å². The number of nitrogens with zero attached hydrogens (tertiary/aromatic N) is 2. The van der Waals surface area contributed by atoms with Gasteiger partial charge in [-0.1, -0.05) is 60.2 Å². The second-order valence-electron chi connectivity index (χ2n) is 12.2. The first-order chi connectivity index (χ1) is 21.1. The summed E-state index contributed by atoms with van der Waals surface area (Å²) in [7, 11) is 0. The van der Waals surface area contributed by atoms with Gasteiger partial charge in [0, 0.05) is 5.92 Å². The quantitative estimate of drug-likeness (QED) is 0.278. The highest BCUT2D eigenvalue weighted by atomic mass is 35.5. The third-order valence-corrected chi connectivity index (χ3v) is 10.3. The van der Waals surface area contributed by atoms with Gasteiger partial charge < -0.3 is 5.11 Å². The SMILES string of the molecule is C=Cc1ccc(N2C(=O)C3CC=C4C(CC5C(=O)N(c6ccc(F)c(Cl)c6)C(=O)C5(C)C4c4cccc(O)c4)C3C2=O)cc1. The molecule has 1 N–H and O–H groups in total. The Morgan fingerprint density at radius 2 is 1.66 bits per heavy atom. The van der Waals surface area contributed by atoms with Crippen LogP contribution in [0.4, 0.5) is 15.8 Å². The first-order valence-electron chi connectivity index (χ1n) is 14.5. The average molecular weight is 611 g/mol. The largest absolute Gasteiger partial charge is 0.508 e. The molecular formula is C35H28ClFN2O5. The summed E-state index contributed by atoms with van der Waals surface area (Å²) in [6, 6.07) is 17.3. The normalized spacial score (nSPS) is 29.3. The molecular weight excluding hydrogens is 583 g/mol. The van der Waals surface area contributed by atoms with Crippen molar-refractivity contribution in [2.75, 3.05) is 9.80 Å². The fourth-order valence-electron chi connectivity index (χ4n) is 7.98. The summed E-state index contributed by atoms with van der Waals surface area (Å²) in [5.41, 5.74) is 1.63. The van der Waals surface area contributed by atoms with Crippen molar-refractivity contribution in [3.63, 3.8) is 0 Å². The number of aromatic hydroxyl groups is 1. The highest BCUT2D eigenvalue weighted by molar-refractivity contribution is 6.32. The van der Waals surface area contributed by atoms with E-state index in [-0.39, 0.29) is 34.7 Å². The second kappa shape index (κ2) is 9.99. The lowest BCUT2D eigenvalue weighted by Crippen LogP contribution is -2.48. The Labute approximate surface area is 258 Å². The molecule has 4 amide bonds. The fourth-order valence-corrected chi connectivity index (χ4v) is 8.16. The van der Waals surface area contributed by atoms with Gasteiger partial charge in [-0.2, -0.15) is 0 Å². The lowest BCUT2D eigenvalue weighted by Gasteiger charge is -2.49. The number of hydrogen-bond donors (Lipinski definition) is 1. The summed E-state index contributed by atoms with van der Waals surface area (Å²) in [5.74, 6) is -5.59. The molecule has 222 valence electrons. The van der Waals surface area contributed by atoms with Crippen LogP contribution in [0.1, 0.15) is 36.8 Å². The van der Waals surface area contributed by atoms with Gasteiger partial charge in [-0.25, -0.2) is 9.29 Å². The highest BCUT2D eigenvalue weighted by Crippen LogP contribution is 2.63. The van der Waals surface area contributed by atoms with Crippen LogP contribution < -0.4 is 9.80 Å². The number of benzene rings is 3. The average Bonchev–Trinajstić information content (AvgIpc) is 3.38. The van der Waals surface area contributed by atoms with E-state index in [1.807, 2.05) is 6.08 Å². The van der Waals surface area contributed by atoms with Crippen LogP contribution >= 0.6 is 11.6 Å². The predicted molar refractivity (Wildman–Crippen MR) is 163 cm³/mol. The molecule has 0 bridgehead atoms. The molecule has 2 aliphatic carbocycles. The molecule has 3 aromatic carbocycles. The summed E-state index contributed by atoms with van der Waals surface area (Å²) < 4.78 is 14.0. The van der Waals surface area contributed by atoms with Gasteiger partial charge in [0.1, 0.15) is 11.6 Å². The first kappa shape index (κ1) is 28.2. The number of carbonyl (C=O) groups excluding carboxylic acids is 4. The van der Waals surface area contributed by atoms with Crippen LogP contribution in [0.25, 0.3) is 6.08 Å². The van der Waals surface area contributed by atoms with E-state index >= 15 is 0 Å². The number of halogens is 2. The van der Waals surface area contributed by atoms with Crippen molar-refractivity contribution in [2.24, 2.45) is 29.1 Å². The van der Waals surface area contributed by atoms with Gasteiger partial charge in [0.25, 0.3) is 0 Å². The molecule has 9 heteroatoms. The minimum atomic E-state index is -1.28. The van der Waals surface area contributed by atoms with Crippen LogP contribution in [0.2, 0.25) is 5.02 Å². The molecule has 2 heterocycles. The molecule has 3 fully saturated rings. The third kappa shape index (κ3) is 3.86. The Morgan fingerprint density at radius 1 is 0.932 bits per heavy atom. The molecule has 2 saturated heterocycles. The Bertz CT molecular complexity index is 1820. The number of phenolic OH excluding ortho intramolecular Hbond substituents is 1. The Morgan fingerprint density at radius 3 is 2.34 bits per heavy atom. The van der Waals surface area contributed by atoms with Gasteiger partial charge >= 0.3 is 0 Å². The van der Waals surface area contributed by atoms with E-state index in [1.54, 1.807) is 55.5 Å². The fraction of sp³-hybridized carbons (Fsp3) is 0.257. The van der Waals surface area contributed by atoms with Crippen LogP contribution in [-0.2, 0) is 19.2 Å². The van der Waals surface area contributed by atoms with Gasteiger partial charge in [0.05, 0.1) is 39.6 Å². The highest BCUT2D eigenvalue weighted by Gasteiger charge is 2.67. The van der Waals surface area contributed by atoms with Crippen LogP contribution in [0, 0.1) is 34.9 Å². The topological polar surface area (TPSA) is 95.0 Å². The van der Waals surface area contributed by atoms with E-state index in [9.17, 15) is 28.7 Å². The van der Waals surface area contributed by atoms with E-state index in [0.717, 1.165) is 22.1 Å². The molecule has 2 aliphatic heterocycles. The molecule has 7 rings (SSSR count). The summed E-state index contributed by atoms with van der Waals surface area (Å²) in [6.45, 7) is 5.50. The van der Waals surface area contributed by atoms with Crippen molar-refractivity contribution in [1.82, 2.24) is 0 Å². The second-order valence-corrected chi connectivity index (χ2v) is 12.6. The molecule has 44 heavy (non-hydrogen) atoms. The number of imide groups is 2. The minimum absolute atomic E-state index is 0.000675. The number of amides is 4. The number of allylic oxidation sites excluding steroid dienone is 2. The minimum Gasteiger partial charge on any atom is -0.508 e. The summed E-state index contributed by atoms with van der Waals surface area (Å²) >= 11 is 6.05. The number of hydrogen-bond acceptors (Lipinski definition) is 5. The standard InChI is InChI=1S/C35H28ClFN2O5/c1-3-18-7-9-20(10-8-18)38-31(41)24-13-12-23-25(29(24)33(38)43)17-26-32(42)39(21-11-14-28(37)27(36)16-21)34(44)35(26,2)30(23)19-5-4-6-22(40)15-19/h3-12,14-16,24-26,29-30,40H,1,13,17H2,2H3. The van der Waals surface area contributed by atoms with Crippen LogP contribution in [0.15, 0.2) is 85.0 Å². The monoisotopic (exact) mass is 610 g/mol. The molecule has 4 aliphatic rings. The molecule has 6 unspecified atom stereocenters. The lowest BCUT2D eigenvalue weighted by molar-refractivity contribution is -0.131. The van der Waals surface area contributed by atoms with Gasteiger partial charge in [-0.15, -0.1) is 0 Å². The van der Waals surface area contributed by atoms with E-state index in [1.165, 1.54) is 23.1 Å². The van der Waals surface area contributed by atoms with Crippen LogP contribution in [0.5, 0.6) is 5.75 Å². The molecule has 0 radical (unpaired) electrons. The Balaban J connectivity index is 1.35. The molecule has 0 aromatic heterocycles. The van der Waals surface area contributed by atoms with E-state index in [2.05, 4.69) is 6.58 Å². The van der Waals surface area contributed by atoms with Gasteiger partial charge in [-0.3, -0.25) is 24.1 Å².